The van der Waals surface area contributed by atoms with E-state index in [2.05, 4.69) is 17.4 Å². The number of rotatable bonds is 4. The number of carbonyl (C=O) groups excluding carboxylic acids is 1. The molecule has 0 aromatic heterocycles. The summed E-state index contributed by atoms with van der Waals surface area (Å²) in [5.74, 6) is 1.27. The minimum Gasteiger partial charge on any atom is -0.494 e. The van der Waals surface area contributed by atoms with E-state index in [1.54, 1.807) is 0 Å². The van der Waals surface area contributed by atoms with E-state index in [9.17, 15) is 4.79 Å². The minimum atomic E-state index is -0.451. The van der Waals surface area contributed by atoms with Crippen molar-refractivity contribution in [3.8, 4) is 5.75 Å². The normalized spacial score (nSPS) is 21.2. The van der Waals surface area contributed by atoms with Crippen molar-refractivity contribution in [3.05, 3.63) is 29.8 Å². The molecule has 0 spiro atoms. The van der Waals surface area contributed by atoms with Gasteiger partial charge in [-0.2, -0.15) is 0 Å². The van der Waals surface area contributed by atoms with E-state index < -0.39 is 5.60 Å². The van der Waals surface area contributed by atoms with Crippen molar-refractivity contribution >= 4 is 6.09 Å². The SMILES string of the molecule is CCOc1ccc(C2CC2NC(=O)OC(C)(C)C)cc1. The summed E-state index contributed by atoms with van der Waals surface area (Å²) in [5.41, 5.74) is 0.780. The zero-order chi connectivity index (χ0) is 14.8. The van der Waals surface area contributed by atoms with Gasteiger partial charge in [0.15, 0.2) is 0 Å². The van der Waals surface area contributed by atoms with Gasteiger partial charge in [-0.05, 0) is 51.8 Å². The molecule has 1 N–H and O–H groups in total. The molecule has 2 rings (SSSR count). The van der Waals surface area contributed by atoms with Crippen LogP contribution in [0.4, 0.5) is 4.79 Å². The Morgan fingerprint density at radius 1 is 1.30 bits per heavy atom. The van der Waals surface area contributed by atoms with Crippen molar-refractivity contribution < 1.29 is 14.3 Å². The van der Waals surface area contributed by atoms with Crippen LogP contribution in [0.1, 0.15) is 45.6 Å². The molecular formula is C16H23NO3. The van der Waals surface area contributed by atoms with Crippen LogP contribution in [0.3, 0.4) is 0 Å². The van der Waals surface area contributed by atoms with Crippen molar-refractivity contribution in [3.63, 3.8) is 0 Å². The number of nitrogens with one attached hydrogen (secondary N) is 1. The molecule has 0 bridgehead atoms. The summed E-state index contributed by atoms with van der Waals surface area (Å²) < 4.78 is 10.7. The first-order valence-corrected chi connectivity index (χ1v) is 7.11. The van der Waals surface area contributed by atoms with Gasteiger partial charge in [0.2, 0.25) is 0 Å². The van der Waals surface area contributed by atoms with E-state index in [0.717, 1.165) is 12.2 Å². The number of hydrogen-bond acceptors (Lipinski definition) is 3. The molecule has 1 aliphatic carbocycles. The predicted octanol–water partition coefficient (Wildman–Crippen LogP) is 3.47. The van der Waals surface area contributed by atoms with Gasteiger partial charge in [-0.1, -0.05) is 12.1 Å². The molecule has 0 aliphatic heterocycles. The van der Waals surface area contributed by atoms with Gasteiger partial charge in [0.05, 0.1) is 6.61 Å². The predicted molar refractivity (Wildman–Crippen MR) is 78.1 cm³/mol. The van der Waals surface area contributed by atoms with Crippen LogP contribution in [0.25, 0.3) is 0 Å². The van der Waals surface area contributed by atoms with Gasteiger partial charge in [0, 0.05) is 12.0 Å². The molecule has 4 nitrogen and oxygen atoms in total. The molecule has 1 fully saturated rings. The van der Waals surface area contributed by atoms with Crippen LogP contribution >= 0.6 is 0 Å². The number of ether oxygens (including phenoxy) is 2. The van der Waals surface area contributed by atoms with Crippen LogP contribution in [0.5, 0.6) is 5.75 Å². The third-order valence-electron chi connectivity index (χ3n) is 3.11. The van der Waals surface area contributed by atoms with Gasteiger partial charge in [-0.25, -0.2) is 4.79 Å². The first-order valence-electron chi connectivity index (χ1n) is 7.11. The third kappa shape index (κ3) is 4.15. The molecular weight excluding hydrogens is 254 g/mol. The second-order valence-electron chi connectivity index (χ2n) is 6.10. The fourth-order valence-corrected chi connectivity index (χ4v) is 2.16. The smallest absolute Gasteiger partial charge is 0.407 e. The second-order valence-corrected chi connectivity index (χ2v) is 6.10. The maximum atomic E-state index is 11.7. The molecule has 110 valence electrons. The van der Waals surface area contributed by atoms with E-state index in [0.29, 0.717) is 12.5 Å². The minimum absolute atomic E-state index is 0.183. The lowest BCUT2D eigenvalue weighted by Crippen LogP contribution is -2.34. The van der Waals surface area contributed by atoms with Crippen LogP contribution in [0.15, 0.2) is 24.3 Å². The van der Waals surface area contributed by atoms with Crippen LogP contribution < -0.4 is 10.1 Å². The topological polar surface area (TPSA) is 47.6 Å². The molecule has 20 heavy (non-hydrogen) atoms. The molecule has 1 saturated carbocycles. The van der Waals surface area contributed by atoms with Crippen molar-refractivity contribution in [2.75, 3.05) is 6.61 Å². The zero-order valence-electron chi connectivity index (χ0n) is 12.6. The Morgan fingerprint density at radius 3 is 2.50 bits per heavy atom. The Morgan fingerprint density at radius 2 is 1.95 bits per heavy atom. The molecule has 1 aliphatic rings. The highest BCUT2D eigenvalue weighted by Crippen LogP contribution is 2.41. The van der Waals surface area contributed by atoms with E-state index in [-0.39, 0.29) is 12.1 Å². The average molecular weight is 277 g/mol. The van der Waals surface area contributed by atoms with Gasteiger partial charge in [0.1, 0.15) is 11.4 Å². The first kappa shape index (κ1) is 14.7. The van der Waals surface area contributed by atoms with Gasteiger partial charge in [-0.3, -0.25) is 0 Å². The summed E-state index contributed by atoms with van der Waals surface area (Å²) in [4.78, 5) is 11.7. The van der Waals surface area contributed by atoms with Gasteiger partial charge < -0.3 is 14.8 Å². The number of amides is 1. The Balaban J connectivity index is 1.84. The summed E-state index contributed by atoms with van der Waals surface area (Å²) in [6.07, 6.45) is 0.628. The molecule has 4 heteroatoms. The number of carbonyl (C=O) groups is 1. The van der Waals surface area contributed by atoms with Gasteiger partial charge in [-0.15, -0.1) is 0 Å². The summed E-state index contributed by atoms with van der Waals surface area (Å²) in [6, 6.07) is 8.25. The van der Waals surface area contributed by atoms with Crippen molar-refractivity contribution in [2.45, 2.75) is 51.7 Å². The molecule has 0 saturated heterocycles. The largest absolute Gasteiger partial charge is 0.494 e. The standard InChI is InChI=1S/C16H23NO3/c1-5-19-12-8-6-11(7-9-12)13-10-14(13)17-15(18)20-16(2,3)4/h6-9,13-14H,5,10H2,1-4H3,(H,17,18). The molecule has 1 amide bonds. The van der Waals surface area contributed by atoms with Crippen molar-refractivity contribution in [1.29, 1.82) is 0 Å². The van der Waals surface area contributed by atoms with E-state index in [1.807, 2.05) is 39.8 Å². The molecule has 0 radical (unpaired) electrons. The molecule has 1 aromatic rings. The zero-order valence-corrected chi connectivity index (χ0v) is 12.6. The summed E-state index contributed by atoms with van der Waals surface area (Å²) in [5, 5.41) is 2.91. The maximum absolute atomic E-state index is 11.7. The maximum Gasteiger partial charge on any atom is 0.407 e. The summed E-state index contributed by atoms with van der Waals surface area (Å²) >= 11 is 0. The highest BCUT2D eigenvalue weighted by atomic mass is 16.6. The van der Waals surface area contributed by atoms with Crippen LogP contribution in [-0.2, 0) is 4.74 Å². The van der Waals surface area contributed by atoms with Gasteiger partial charge in [0.25, 0.3) is 0 Å². The van der Waals surface area contributed by atoms with Crippen LogP contribution in [0.2, 0.25) is 0 Å². The lowest BCUT2D eigenvalue weighted by Gasteiger charge is -2.19. The average Bonchev–Trinajstić information content (AvgIpc) is 3.07. The molecule has 1 aromatic carbocycles. The quantitative estimate of drug-likeness (QED) is 0.916. The van der Waals surface area contributed by atoms with Crippen molar-refractivity contribution in [2.24, 2.45) is 0 Å². The Labute approximate surface area is 120 Å². The summed E-state index contributed by atoms with van der Waals surface area (Å²) in [7, 11) is 0. The Bertz CT molecular complexity index is 462. The molecule has 0 heterocycles. The van der Waals surface area contributed by atoms with E-state index >= 15 is 0 Å². The number of hydrogen-bond donors (Lipinski definition) is 1. The Hall–Kier alpha value is -1.71. The Kier molecular flexibility index (Phi) is 4.21. The number of benzene rings is 1. The van der Waals surface area contributed by atoms with Crippen LogP contribution in [0, 0.1) is 0 Å². The third-order valence-corrected chi connectivity index (χ3v) is 3.11. The van der Waals surface area contributed by atoms with Crippen LogP contribution in [-0.4, -0.2) is 24.3 Å². The monoisotopic (exact) mass is 277 g/mol. The second kappa shape index (κ2) is 5.73. The van der Waals surface area contributed by atoms with Gasteiger partial charge >= 0.3 is 6.09 Å². The lowest BCUT2D eigenvalue weighted by atomic mass is 10.1. The van der Waals surface area contributed by atoms with E-state index in [1.165, 1.54) is 5.56 Å². The van der Waals surface area contributed by atoms with Crippen molar-refractivity contribution in [1.82, 2.24) is 5.32 Å². The first-order chi connectivity index (χ1) is 9.39. The summed E-state index contributed by atoms with van der Waals surface area (Å²) in [6.45, 7) is 8.23. The lowest BCUT2D eigenvalue weighted by molar-refractivity contribution is 0.0523. The van der Waals surface area contributed by atoms with E-state index in [4.69, 9.17) is 9.47 Å². The molecule has 2 atom stereocenters. The highest BCUT2D eigenvalue weighted by molar-refractivity contribution is 5.69. The fraction of sp³-hybridized carbons (Fsp3) is 0.562. The fourth-order valence-electron chi connectivity index (χ4n) is 2.16. The highest BCUT2D eigenvalue weighted by Gasteiger charge is 2.40. The number of alkyl carbamates (subject to hydrolysis) is 1. The molecule has 2 unspecified atom stereocenters.